The normalized spacial score (nSPS) is 12.3. The Labute approximate surface area is 151 Å². The van der Waals surface area contributed by atoms with Gasteiger partial charge in [-0.25, -0.2) is 4.98 Å². The summed E-state index contributed by atoms with van der Waals surface area (Å²) in [7, 11) is 1.97. The van der Waals surface area contributed by atoms with Gasteiger partial charge in [-0.3, -0.25) is 4.99 Å². The van der Waals surface area contributed by atoms with Gasteiger partial charge in [-0.1, -0.05) is 12.5 Å². The molecule has 1 aromatic heterocycles. The predicted octanol–water partition coefficient (Wildman–Crippen LogP) is 4.35. The summed E-state index contributed by atoms with van der Waals surface area (Å²) in [6, 6.07) is 0. The number of guanidine groups is 1. The fourth-order valence-electron chi connectivity index (χ4n) is 2.20. The Morgan fingerprint density at radius 2 is 2.16 bits per heavy atom. The average Bonchev–Trinajstić information content (AvgIpc) is 3.03. The van der Waals surface area contributed by atoms with Gasteiger partial charge in [-0.05, 0) is 26.2 Å². The van der Waals surface area contributed by atoms with E-state index in [1.54, 1.807) is 0 Å². The van der Waals surface area contributed by atoms with Crippen LogP contribution in [0.3, 0.4) is 0 Å². The minimum atomic E-state index is -4.38. The lowest BCUT2D eigenvalue weighted by Gasteiger charge is -2.22. The van der Waals surface area contributed by atoms with Crippen LogP contribution in [0, 0.1) is 0 Å². The maximum Gasteiger partial charge on any atom is 0.434 e. The highest BCUT2D eigenvalue weighted by Gasteiger charge is 2.33. The summed E-state index contributed by atoms with van der Waals surface area (Å²) < 4.78 is 37.6. The lowest BCUT2D eigenvalue weighted by atomic mass is 10.2. The molecule has 8 heteroatoms. The standard InChI is InChI=1S/C17H27F3N4S/c1-4-6-7-8-9-12-24(3)16(21-5-2)22-11-10-15-23-14(13-25-15)17(18,19)20/h4,13H,1,5-12H2,2-3H3,(H,21,22). The summed E-state index contributed by atoms with van der Waals surface area (Å²) in [5.74, 6) is 0.777. The van der Waals surface area contributed by atoms with Crippen LogP contribution in [-0.4, -0.2) is 42.5 Å². The topological polar surface area (TPSA) is 40.5 Å². The molecule has 0 amide bonds. The van der Waals surface area contributed by atoms with E-state index < -0.39 is 11.9 Å². The highest BCUT2D eigenvalue weighted by Crippen LogP contribution is 2.30. The van der Waals surface area contributed by atoms with E-state index >= 15 is 0 Å². The van der Waals surface area contributed by atoms with E-state index in [9.17, 15) is 13.2 Å². The van der Waals surface area contributed by atoms with Crippen LogP contribution >= 0.6 is 11.3 Å². The summed E-state index contributed by atoms with van der Waals surface area (Å²) in [5, 5.41) is 4.73. The van der Waals surface area contributed by atoms with Gasteiger partial charge >= 0.3 is 6.18 Å². The van der Waals surface area contributed by atoms with E-state index in [1.165, 1.54) is 0 Å². The zero-order valence-electron chi connectivity index (χ0n) is 14.9. The molecule has 0 fully saturated rings. The Morgan fingerprint density at radius 3 is 2.76 bits per heavy atom. The molecule has 0 aromatic carbocycles. The van der Waals surface area contributed by atoms with Crippen LogP contribution < -0.4 is 5.32 Å². The predicted molar refractivity (Wildman–Crippen MR) is 98.1 cm³/mol. The van der Waals surface area contributed by atoms with Crippen molar-refractivity contribution in [3.8, 4) is 0 Å². The van der Waals surface area contributed by atoms with Crippen LogP contribution in [0.1, 0.15) is 43.3 Å². The van der Waals surface area contributed by atoms with Gasteiger partial charge in [0.25, 0.3) is 0 Å². The van der Waals surface area contributed by atoms with Gasteiger partial charge in [0.2, 0.25) is 0 Å². The van der Waals surface area contributed by atoms with Gasteiger partial charge in [0.1, 0.15) is 0 Å². The monoisotopic (exact) mass is 376 g/mol. The number of rotatable bonds is 10. The molecular weight excluding hydrogens is 349 g/mol. The van der Waals surface area contributed by atoms with E-state index in [4.69, 9.17) is 0 Å². The van der Waals surface area contributed by atoms with Crippen molar-refractivity contribution in [1.82, 2.24) is 15.2 Å². The first-order valence-corrected chi connectivity index (χ1v) is 9.38. The number of halogens is 3. The zero-order valence-corrected chi connectivity index (χ0v) is 15.7. The third-order valence-electron chi connectivity index (χ3n) is 3.53. The number of allylic oxidation sites excluding steroid dienone is 1. The number of thiazole rings is 1. The van der Waals surface area contributed by atoms with Gasteiger partial charge in [-0.2, -0.15) is 13.2 Å². The van der Waals surface area contributed by atoms with Gasteiger partial charge in [-0.15, -0.1) is 17.9 Å². The second kappa shape index (κ2) is 11.1. The largest absolute Gasteiger partial charge is 0.434 e. The van der Waals surface area contributed by atoms with Crippen molar-refractivity contribution < 1.29 is 13.2 Å². The van der Waals surface area contributed by atoms with Crippen molar-refractivity contribution in [2.24, 2.45) is 4.99 Å². The number of unbranched alkanes of at least 4 members (excludes halogenated alkanes) is 3. The number of aromatic nitrogens is 1. The van der Waals surface area contributed by atoms with Crippen LogP contribution in [0.2, 0.25) is 0 Å². The third-order valence-corrected chi connectivity index (χ3v) is 4.44. The molecule has 1 heterocycles. The second-order valence-corrected chi connectivity index (χ2v) is 6.61. The van der Waals surface area contributed by atoms with E-state index in [0.717, 1.165) is 61.4 Å². The molecule has 142 valence electrons. The van der Waals surface area contributed by atoms with Gasteiger partial charge in [0.05, 0.1) is 5.01 Å². The van der Waals surface area contributed by atoms with Crippen molar-refractivity contribution >= 4 is 17.3 Å². The summed E-state index contributed by atoms with van der Waals surface area (Å²) in [6.07, 6.45) is 2.33. The molecule has 0 aliphatic heterocycles. The molecule has 0 saturated carbocycles. The van der Waals surface area contributed by atoms with Gasteiger partial charge in [0.15, 0.2) is 11.7 Å². The molecule has 1 aromatic rings. The molecule has 0 aliphatic rings. The lowest BCUT2D eigenvalue weighted by molar-refractivity contribution is -0.140. The van der Waals surface area contributed by atoms with Crippen LogP contribution in [0.25, 0.3) is 0 Å². The van der Waals surface area contributed by atoms with Crippen molar-refractivity contribution in [2.75, 3.05) is 26.7 Å². The van der Waals surface area contributed by atoms with E-state index in [1.807, 2.05) is 20.0 Å². The molecule has 0 radical (unpaired) electrons. The molecule has 1 N–H and O–H groups in total. The average molecular weight is 376 g/mol. The van der Waals surface area contributed by atoms with Crippen molar-refractivity contribution in [3.05, 3.63) is 28.7 Å². The highest BCUT2D eigenvalue weighted by atomic mass is 32.1. The molecule has 4 nitrogen and oxygen atoms in total. The molecule has 0 bridgehead atoms. The SMILES string of the molecule is C=CCCCCCN(C)C(=NCCc1nc(C(F)(F)F)cs1)NCC. The minimum absolute atomic E-state index is 0.406. The Hall–Kier alpha value is -1.57. The van der Waals surface area contributed by atoms with Crippen molar-refractivity contribution in [3.63, 3.8) is 0 Å². The Balaban J connectivity index is 2.48. The van der Waals surface area contributed by atoms with Crippen LogP contribution in [0.15, 0.2) is 23.0 Å². The fraction of sp³-hybridized carbons (Fsp3) is 0.647. The maximum absolute atomic E-state index is 12.5. The maximum atomic E-state index is 12.5. The number of alkyl halides is 3. The first-order chi connectivity index (χ1) is 11.9. The van der Waals surface area contributed by atoms with E-state index in [2.05, 4.69) is 26.8 Å². The number of hydrogen-bond acceptors (Lipinski definition) is 3. The van der Waals surface area contributed by atoms with E-state index in [0.29, 0.717) is 18.0 Å². The zero-order chi connectivity index (χ0) is 18.7. The number of nitrogens with zero attached hydrogens (tertiary/aromatic N) is 3. The molecule has 0 atom stereocenters. The summed E-state index contributed by atoms with van der Waals surface area (Å²) in [4.78, 5) is 10.2. The molecule has 1 rings (SSSR count). The number of nitrogens with one attached hydrogen (secondary N) is 1. The minimum Gasteiger partial charge on any atom is -0.357 e. The molecule has 0 spiro atoms. The van der Waals surface area contributed by atoms with Crippen molar-refractivity contribution in [1.29, 1.82) is 0 Å². The Bertz CT molecular complexity index is 540. The molecule has 25 heavy (non-hydrogen) atoms. The van der Waals surface area contributed by atoms with Gasteiger partial charge in [0, 0.05) is 38.5 Å². The molecular formula is C17H27F3N4S. The van der Waals surface area contributed by atoms with E-state index in [-0.39, 0.29) is 0 Å². The van der Waals surface area contributed by atoms with Crippen LogP contribution in [-0.2, 0) is 12.6 Å². The van der Waals surface area contributed by atoms with Crippen LogP contribution in [0.5, 0.6) is 0 Å². The second-order valence-electron chi connectivity index (χ2n) is 5.67. The Morgan fingerprint density at radius 1 is 1.40 bits per heavy atom. The van der Waals surface area contributed by atoms with Gasteiger partial charge < -0.3 is 10.2 Å². The first kappa shape index (κ1) is 21.5. The smallest absolute Gasteiger partial charge is 0.357 e. The summed E-state index contributed by atoms with van der Waals surface area (Å²) >= 11 is 1.03. The number of aliphatic imine (C=N–C) groups is 1. The summed E-state index contributed by atoms with van der Waals surface area (Å²) in [6.45, 7) is 7.75. The summed E-state index contributed by atoms with van der Waals surface area (Å²) in [5.41, 5.74) is -0.819. The van der Waals surface area contributed by atoms with Crippen LogP contribution in [0.4, 0.5) is 13.2 Å². The Kier molecular flexibility index (Phi) is 9.55. The quantitative estimate of drug-likeness (QED) is 0.286. The molecule has 0 aliphatic carbocycles. The highest BCUT2D eigenvalue weighted by molar-refractivity contribution is 7.09. The molecule has 0 unspecified atom stereocenters. The van der Waals surface area contributed by atoms with Crippen molar-refractivity contribution in [2.45, 2.75) is 45.2 Å². The first-order valence-electron chi connectivity index (χ1n) is 8.50. The fourth-order valence-corrected chi connectivity index (χ4v) is 3.00. The lowest BCUT2D eigenvalue weighted by Crippen LogP contribution is -2.39. The molecule has 0 saturated heterocycles. The third kappa shape index (κ3) is 8.38. The number of hydrogen-bond donors (Lipinski definition) is 1.